The van der Waals surface area contributed by atoms with E-state index in [1.165, 1.54) is 24.8 Å². The van der Waals surface area contributed by atoms with Crippen LogP contribution in [0.4, 0.5) is 4.79 Å². The summed E-state index contributed by atoms with van der Waals surface area (Å²) in [5.74, 6) is -0.177. The Labute approximate surface area is 211 Å². The van der Waals surface area contributed by atoms with Crippen molar-refractivity contribution < 1.29 is 14.3 Å². The van der Waals surface area contributed by atoms with E-state index >= 15 is 0 Å². The van der Waals surface area contributed by atoms with E-state index in [-0.39, 0.29) is 5.91 Å². The first-order valence-electron chi connectivity index (χ1n) is 12.3. The number of hydrogen-bond acceptors (Lipinski definition) is 4. The molecule has 3 heterocycles. The molecule has 7 heteroatoms. The van der Waals surface area contributed by atoms with Gasteiger partial charge in [0.1, 0.15) is 5.60 Å². The molecule has 35 heavy (non-hydrogen) atoms. The van der Waals surface area contributed by atoms with Crippen LogP contribution in [0, 0.1) is 6.92 Å². The maximum absolute atomic E-state index is 13.5. The highest BCUT2D eigenvalue weighted by molar-refractivity contribution is 6.33. The molecular weight excluding hydrogens is 462 g/mol. The van der Waals surface area contributed by atoms with Crippen molar-refractivity contribution in [2.24, 2.45) is 0 Å². The topological polar surface area (TPSA) is 63.6 Å². The Balaban J connectivity index is 1.67. The summed E-state index contributed by atoms with van der Waals surface area (Å²) in [6, 6.07) is 10.1. The molecule has 0 saturated carbocycles. The Morgan fingerprint density at radius 3 is 2.57 bits per heavy atom. The van der Waals surface area contributed by atoms with Crippen molar-refractivity contribution in [2.75, 3.05) is 13.1 Å². The third-order valence-corrected chi connectivity index (χ3v) is 7.29. The van der Waals surface area contributed by atoms with Gasteiger partial charge in [0, 0.05) is 34.6 Å². The molecule has 2 aromatic carbocycles. The highest BCUT2D eigenvalue weighted by Crippen LogP contribution is 2.39. The lowest BCUT2D eigenvalue weighted by Crippen LogP contribution is -2.29. The zero-order valence-corrected chi connectivity index (χ0v) is 21.6. The van der Waals surface area contributed by atoms with Crippen LogP contribution in [-0.4, -0.2) is 40.2 Å². The molecule has 1 saturated heterocycles. The molecule has 0 radical (unpaired) electrons. The SMILES string of the molecule is Cc1cc(-c2cc3cc(CN4CCCCC4)ccc3n2C(=O)OC(C)(C)C)c2c(c1Cl)CNC2=O. The van der Waals surface area contributed by atoms with Crippen LogP contribution in [0.25, 0.3) is 22.2 Å². The van der Waals surface area contributed by atoms with Gasteiger partial charge in [-0.1, -0.05) is 24.1 Å². The Hall–Kier alpha value is -2.83. The average molecular weight is 494 g/mol. The Morgan fingerprint density at radius 1 is 1.11 bits per heavy atom. The second-order valence-electron chi connectivity index (χ2n) is 10.7. The number of likely N-dealkylation sites (tertiary alicyclic amines) is 1. The molecule has 1 N–H and O–H groups in total. The fourth-order valence-electron chi connectivity index (χ4n) is 5.19. The lowest BCUT2D eigenvalue weighted by atomic mass is 9.97. The highest BCUT2D eigenvalue weighted by Gasteiger charge is 2.30. The number of carbonyl (C=O) groups is 2. The molecule has 0 aliphatic carbocycles. The van der Waals surface area contributed by atoms with Gasteiger partial charge in [0.15, 0.2) is 0 Å². The van der Waals surface area contributed by atoms with Gasteiger partial charge >= 0.3 is 6.09 Å². The lowest BCUT2D eigenvalue weighted by Gasteiger charge is -2.26. The number of halogens is 1. The first kappa shape index (κ1) is 23.9. The number of ether oxygens (including phenoxy) is 1. The standard InChI is InChI=1S/C28H32ClN3O3/c1-17-12-20(24-21(25(17)29)15-30-26(24)33)23-14-19-13-18(16-31-10-6-5-7-11-31)8-9-22(19)32(23)27(34)35-28(2,3)4/h8-9,12-14H,5-7,10-11,15-16H2,1-4H3,(H,30,33). The Bertz CT molecular complexity index is 1330. The first-order valence-corrected chi connectivity index (χ1v) is 12.7. The number of amides is 1. The summed E-state index contributed by atoms with van der Waals surface area (Å²) in [5, 5.41) is 4.42. The molecule has 3 aromatic rings. The predicted octanol–water partition coefficient (Wildman–Crippen LogP) is 6.28. The minimum atomic E-state index is -0.658. The number of aryl methyl sites for hydroxylation is 1. The zero-order chi connectivity index (χ0) is 24.9. The number of benzene rings is 2. The Morgan fingerprint density at radius 2 is 1.86 bits per heavy atom. The van der Waals surface area contributed by atoms with Crippen LogP contribution in [0.5, 0.6) is 0 Å². The number of hydrogen-bond donors (Lipinski definition) is 1. The highest BCUT2D eigenvalue weighted by atomic mass is 35.5. The molecule has 1 amide bonds. The minimum absolute atomic E-state index is 0.177. The van der Waals surface area contributed by atoms with Gasteiger partial charge in [-0.25, -0.2) is 9.36 Å². The van der Waals surface area contributed by atoms with Crippen molar-refractivity contribution in [1.82, 2.24) is 14.8 Å². The van der Waals surface area contributed by atoms with Crippen LogP contribution in [0.15, 0.2) is 30.3 Å². The fourth-order valence-corrected chi connectivity index (χ4v) is 5.40. The molecule has 0 unspecified atom stereocenters. The Kier molecular flexibility index (Phi) is 6.14. The number of nitrogens with zero attached hydrogens (tertiary/aromatic N) is 2. The maximum Gasteiger partial charge on any atom is 0.419 e. The van der Waals surface area contributed by atoms with Crippen LogP contribution >= 0.6 is 11.6 Å². The van der Waals surface area contributed by atoms with Crippen molar-refractivity contribution in [3.05, 3.63) is 57.6 Å². The van der Waals surface area contributed by atoms with Crippen molar-refractivity contribution >= 4 is 34.5 Å². The van der Waals surface area contributed by atoms with Gasteiger partial charge in [0.2, 0.25) is 0 Å². The smallest absolute Gasteiger partial charge is 0.419 e. The summed E-state index contributed by atoms with van der Waals surface area (Å²) in [7, 11) is 0. The molecule has 0 spiro atoms. The van der Waals surface area contributed by atoms with Crippen LogP contribution in [0.2, 0.25) is 5.02 Å². The van der Waals surface area contributed by atoms with E-state index in [1.807, 2.05) is 45.9 Å². The van der Waals surface area contributed by atoms with E-state index in [1.54, 1.807) is 4.57 Å². The van der Waals surface area contributed by atoms with Gasteiger partial charge < -0.3 is 10.1 Å². The summed E-state index contributed by atoms with van der Waals surface area (Å²) in [5.41, 5.74) is 4.81. The summed E-state index contributed by atoms with van der Waals surface area (Å²) < 4.78 is 7.39. The molecule has 2 aliphatic rings. The zero-order valence-electron chi connectivity index (χ0n) is 20.8. The van der Waals surface area contributed by atoms with Crippen LogP contribution in [-0.2, 0) is 17.8 Å². The van der Waals surface area contributed by atoms with E-state index in [4.69, 9.17) is 16.3 Å². The van der Waals surface area contributed by atoms with Crippen molar-refractivity contribution in [3.63, 3.8) is 0 Å². The second kappa shape index (κ2) is 8.99. The third kappa shape index (κ3) is 4.57. The molecule has 2 aliphatic heterocycles. The molecular formula is C28H32ClN3O3. The van der Waals surface area contributed by atoms with Gasteiger partial charge in [-0.3, -0.25) is 9.69 Å². The van der Waals surface area contributed by atoms with Gasteiger partial charge in [0.05, 0.1) is 16.8 Å². The summed E-state index contributed by atoms with van der Waals surface area (Å²) in [6.45, 7) is 11.0. The van der Waals surface area contributed by atoms with Crippen molar-refractivity contribution in [3.8, 4) is 11.3 Å². The summed E-state index contributed by atoms with van der Waals surface area (Å²) in [4.78, 5) is 28.8. The van der Waals surface area contributed by atoms with E-state index < -0.39 is 11.7 Å². The van der Waals surface area contributed by atoms with Gasteiger partial charge in [0.25, 0.3) is 5.91 Å². The quantitative estimate of drug-likeness (QED) is 0.466. The third-order valence-electron chi connectivity index (χ3n) is 6.77. The first-order chi connectivity index (χ1) is 16.6. The van der Waals surface area contributed by atoms with Gasteiger partial charge in [-0.15, -0.1) is 0 Å². The van der Waals surface area contributed by atoms with Gasteiger partial charge in [-0.05, 0) is 89.0 Å². The summed E-state index contributed by atoms with van der Waals surface area (Å²) in [6.07, 6.45) is 3.32. The number of piperidine rings is 1. The number of aromatic nitrogens is 1. The largest absolute Gasteiger partial charge is 0.443 e. The van der Waals surface area contributed by atoms with E-state index in [2.05, 4.69) is 22.3 Å². The van der Waals surface area contributed by atoms with Crippen LogP contribution < -0.4 is 5.32 Å². The lowest BCUT2D eigenvalue weighted by molar-refractivity contribution is 0.0547. The normalized spacial score (nSPS) is 16.4. The average Bonchev–Trinajstić information content (AvgIpc) is 3.37. The van der Waals surface area contributed by atoms with Crippen LogP contribution in [0.1, 0.15) is 67.1 Å². The monoisotopic (exact) mass is 493 g/mol. The van der Waals surface area contributed by atoms with Crippen LogP contribution in [0.3, 0.4) is 0 Å². The molecule has 5 rings (SSSR count). The van der Waals surface area contributed by atoms with E-state index in [0.29, 0.717) is 28.4 Å². The predicted molar refractivity (Wildman–Crippen MR) is 139 cm³/mol. The molecule has 1 aromatic heterocycles. The van der Waals surface area contributed by atoms with Crippen molar-refractivity contribution in [1.29, 1.82) is 0 Å². The summed E-state index contributed by atoms with van der Waals surface area (Å²) >= 11 is 6.55. The number of nitrogens with one attached hydrogen (secondary N) is 1. The number of carbonyl (C=O) groups excluding carboxylic acids is 2. The molecule has 0 bridgehead atoms. The van der Waals surface area contributed by atoms with E-state index in [0.717, 1.165) is 41.7 Å². The molecule has 6 nitrogen and oxygen atoms in total. The molecule has 1 fully saturated rings. The molecule has 0 atom stereocenters. The van der Waals surface area contributed by atoms with Crippen molar-refractivity contribution in [2.45, 2.75) is 65.6 Å². The van der Waals surface area contributed by atoms with Gasteiger partial charge in [-0.2, -0.15) is 0 Å². The molecule has 184 valence electrons. The minimum Gasteiger partial charge on any atom is -0.443 e. The number of rotatable bonds is 3. The second-order valence-corrected chi connectivity index (χ2v) is 11.0. The van der Waals surface area contributed by atoms with E-state index in [9.17, 15) is 9.59 Å². The fraction of sp³-hybridized carbons (Fsp3) is 0.429. The maximum atomic E-state index is 13.5. The number of fused-ring (bicyclic) bond motifs is 2.